The van der Waals surface area contributed by atoms with Crippen molar-refractivity contribution in [3.63, 3.8) is 0 Å². The summed E-state index contributed by atoms with van der Waals surface area (Å²) in [5, 5.41) is 3.73. The van der Waals surface area contributed by atoms with Crippen molar-refractivity contribution in [3.05, 3.63) is 72.3 Å². The molecule has 0 saturated heterocycles. The van der Waals surface area contributed by atoms with Crippen molar-refractivity contribution >= 4 is 38.4 Å². The van der Waals surface area contributed by atoms with Gasteiger partial charge in [-0.15, -0.1) is 0 Å². The molecular formula is C23H20N2. The first-order chi connectivity index (χ1) is 12.0. The van der Waals surface area contributed by atoms with Crippen LogP contribution in [-0.4, -0.2) is 9.38 Å². The highest BCUT2D eigenvalue weighted by molar-refractivity contribution is 6.13. The van der Waals surface area contributed by atoms with Crippen LogP contribution >= 0.6 is 0 Å². The maximum atomic E-state index is 5.03. The van der Waals surface area contributed by atoms with Crippen LogP contribution in [0.2, 0.25) is 0 Å². The molecule has 2 heteroatoms. The third-order valence-electron chi connectivity index (χ3n) is 5.12. The van der Waals surface area contributed by atoms with Crippen LogP contribution in [-0.2, 0) is 5.41 Å². The van der Waals surface area contributed by atoms with E-state index in [0.29, 0.717) is 0 Å². The standard InChI is InChI=1S/C23H20N2/c1-23(2,3)15-12-13-21-19(14-15)24-22-18-10-5-4-8-16(18)17-9-6-7-11-20(17)25(21)22/h4-14H,1-3H3. The number of pyridine rings is 1. The predicted octanol–water partition coefficient (Wildman–Crippen LogP) is 6.09. The van der Waals surface area contributed by atoms with Crippen molar-refractivity contribution in [3.8, 4) is 0 Å². The smallest absolute Gasteiger partial charge is 0.146 e. The van der Waals surface area contributed by atoms with E-state index in [-0.39, 0.29) is 5.41 Å². The van der Waals surface area contributed by atoms with Gasteiger partial charge in [0.1, 0.15) is 5.65 Å². The maximum Gasteiger partial charge on any atom is 0.146 e. The lowest BCUT2D eigenvalue weighted by Crippen LogP contribution is -2.10. The fourth-order valence-electron chi connectivity index (χ4n) is 3.78. The molecule has 0 saturated carbocycles. The van der Waals surface area contributed by atoms with Crippen LogP contribution in [0.5, 0.6) is 0 Å². The Bertz CT molecular complexity index is 1270. The molecule has 2 aromatic heterocycles. The molecule has 0 aliphatic carbocycles. The molecule has 0 fully saturated rings. The van der Waals surface area contributed by atoms with E-state index in [4.69, 9.17) is 4.98 Å². The average Bonchev–Trinajstić information content (AvgIpc) is 3.00. The van der Waals surface area contributed by atoms with Crippen molar-refractivity contribution in [2.24, 2.45) is 0 Å². The third-order valence-corrected chi connectivity index (χ3v) is 5.12. The quantitative estimate of drug-likeness (QED) is 0.315. The topological polar surface area (TPSA) is 17.3 Å². The molecule has 122 valence electrons. The second-order valence-electron chi connectivity index (χ2n) is 7.79. The van der Waals surface area contributed by atoms with Crippen molar-refractivity contribution in [1.82, 2.24) is 9.38 Å². The number of imidazole rings is 1. The molecule has 0 aliphatic heterocycles. The lowest BCUT2D eigenvalue weighted by Gasteiger charge is -2.18. The van der Waals surface area contributed by atoms with Crippen LogP contribution < -0.4 is 0 Å². The van der Waals surface area contributed by atoms with E-state index >= 15 is 0 Å². The molecule has 2 heterocycles. The molecule has 0 N–H and O–H groups in total. The molecule has 0 unspecified atom stereocenters. The van der Waals surface area contributed by atoms with Crippen LogP contribution in [0, 0.1) is 0 Å². The lowest BCUT2D eigenvalue weighted by atomic mass is 9.87. The molecule has 2 nitrogen and oxygen atoms in total. The second-order valence-corrected chi connectivity index (χ2v) is 7.79. The van der Waals surface area contributed by atoms with Gasteiger partial charge in [-0.25, -0.2) is 4.98 Å². The number of fused-ring (bicyclic) bond motifs is 8. The minimum Gasteiger partial charge on any atom is -0.292 e. The van der Waals surface area contributed by atoms with Crippen molar-refractivity contribution in [2.45, 2.75) is 26.2 Å². The zero-order valence-corrected chi connectivity index (χ0v) is 14.7. The molecule has 0 bridgehead atoms. The highest BCUT2D eigenvalue weighted by Crippen LogP contribution is 2.33. The Hall–Kier alpha value is -2.87. The summed E-state index contributed by atoms with van der Waals surface area (Å²) in [4.78, 5) is 5.03. The molecular weight excluding hydrogens is 304 g/mol. The summed E-state index contributed by atoms with van der Waals surface area (Å²) >= 11 is 0. The Labute approximate surface area is 146 Å². The molecule has 0 amide bonds. The first-order valence-corrected chi connectivity index (χ1v) is 8.76. The van der Waals surface area contributed by atoms with E-state index in [1.54, 1.807) is 0 Å². The summed E-state index contributed by atoms with van der Waals surface area (Å²) in [7, 11) is 0. The zero-order valence-electron chi connectivity index (χ0n) is 14.7. The minimum atomic E-state index is 0.119. The van der Waals surface area contributed by atoms with Gasteiger partial charge in [0.05, 0.1) is 16.6 Å². The van der Waals surface area contributed by atoms with Crippen LogP contribution in [0.15, 0.2) is 66.7 Å². The summed E-state index contributed by atoms with van der Waals surface area (Å²) in [6.45, 7) is 6.73. The van der Waals surface area contributed by atoms with E-state index in [2.05, 4.69) is 91.9 Å². The summed E-state index contributed by atoms with van der Waals surface area (Å²) < 4.78 is 2.30. The molecule has 25 heavy (non-hydrogen) atoms. The Morgan fingerprint density at radius 2 is 1.40 bits per heavy atom. The lowest BCUT2D eigenvalue weighted by molar-refractivity contribution is 0.591. The number of benzene rings is 3. The average molecular weight is 324 g/mol. The first-order valence-electron chi connectivity index (χ1n) is 8.76. The van der Waals surface area contributed by atoms with Gasteiger partial charge in [-0.1, -0.05) is 69.3 Å². The molecule has 0 atom stereocenters. The third kappa shape index (κ3) is 2.00. The zero-order chi connectivity index (χ0) is 17.2. The van der Waals surface area contributed by atoms with Gasteiger partial charge < -0.3 is 0 Å². The first kappa shape index (κ1) is 14.5. The summed E-state index contributed by atoms with van der Waals surface area (Å²) in [6, 6.07) is 23.9. The number of rotatable bonds is 0. The van der Waals surface area contributed by atoms with Gasteiger partial charge in [0, 0.05) is 10.8 Å². The highest BCUT2D eigenvalue weighted by atomic mass is 15.0. The van der Waals surface area contributed by atoms with Crippen molar-refractivity contribution in [2.75, 3.05) is 0 Å². The molecule has 0 aliphatic rings. The number of hydrogen-bond acceptors (Lipinski definition) is 1. The van der Waals surface area contributed by atoms with Crippen molar-refractivity contribution < 1.29 is 0 Å². The summed E-state index contributed by atoms with van der Waals surface area (Å²) in [6.07, 6.45) is 0. The van der Waals surface area contributed by atoms with Gasteiger partial charge in [-0.3, -0.25) is 4.40 Å². The number of para-hydroxylation sites is 1. The Morgan fingerprint density at radius 1 is 0.720 bits per heavy atom. The number of hydrogen-bond donors (Lipinski definition) is 0. The Morgan fingerprint density at radius 3 is 2.16 bits per heavy atom. The number of aromatic nitrogens is 2. The highest BCUT2D eigenvalue weighted by Gasteiger charge is 2.17. The minimum absolute atomic E-state index is 0.119. The fraction of sp³-hybridized carbons (Fsp3) is 0.174. The van der Waals surface area contributed by atoms with E-state index in [1.807, 2.05) is 0 Å². The Balaban J connectivity index is 2.05. The van der Waals surface area contributed by atoms with Crippen LogP contribution in [0.3, 0.4) is 0 Å². The summed E-state index contributed by atoms with van der Waals surface area (Å²) in [5.74, 6) is 0. The van der Waals surface area contributed by atoms with E-state index < -0.39 is 0 Å². The van der Waals surface area contributed by atoms with Gasteiger partial charge in [-0.2, -0.15) is 0 Å². The largest absolute Gasteiger partial charge is 0.292 e. The van der Waals surface area contributed by atoms with E-state index in [9.17, 15) is 0 Å². The molecule has 0 radical (unpaired) electrons. The molecule has 0 spiro atoms. The fourth-order valence-corrected chi connectivity index (χ4v) is 3.78. The van der Waals surface area contributed by atoms with E-state index in [0.717, 1.165) is 11.2 Å². The Kier molecular flexibility index (Phi) is 2.79. The van der Waals surface area contributed by atoms with Gasteiger partial charge in [0.15, 0.2) is 0 Å². The number of nitrogens with zero attached hydrogens (tertiary/aromatic N) is 2. The van der Waals surface area contributed by atoms with Gasteiger partial charge in [-0.05, 0) is 34.6 Å². The van der Waals surface area contributed by atoms with Crippen molar-refractivity contribution in [1.29, 1.82) is 0 Å². The maximum absolute atomic E-state index is 5.03. The van der Waals surface area contributed by atoms with Gasteiger partial charge in [0.2, 0.25) is 0 Å². The monoisotopic (exact) mass is 324 g/mol. The van der Waals surface area contributed by atoms with Crippen LogP contribution in [0.4, 0.5) is 0 Å². The molecule has 3 aromatic carbocycles. The van der Waals surface area contributed by atoms with E-state index in [1.165, 1.54) is 32.8 Å². The second kappa shape index (κ2) is 4.82. The predicted molar refractivity (Wildman–Crippen MR) is 106 cm³/mol. The summed E-state index contributed by atoms with van der Waals surface area (Å²) in [5.41, 5.74) is 5.92. The van der Waals surface area contributed by atoms with Gasteiger partial charge in [0.25, 0.3) is 0 Å². The molecule has 5 aromatic rings. The van der Waals surface area contributed by atoms with Crippen LogP contribution in [0.25, 0.3) is 38.4 Å². The van der Waals surface area contributed by atoms with Crippen LogP contribution in [0.1, 0.15) is 26.3 Å². The SMILES string of the molecule is CC(C)(C)c1ccc2c(c1)nc1c3ccccc3c3ccccc3n21. The normalized spacial score (nSPS) is 12.6. The van der Waals surface area contributed by atoms with Gasteiger partial charge >= 0.3 is 0 Å². The molecule has 5 rings (SSSR count).